The number of thioether (sulfide) groups is 1. The molecule has 0 aliphatic heterocycles. The zero-order valence-electron chi connectivity index (χ0n) is 15.5. The van der Waals surface area contributed by atoms with Crippen molar-refractivity contribution in [3.63, 3.8) is 0 Å². The molecule has 0 spiro atoms. The molecule has 0 saturated heterocycles. The fourth-order valence-corrected chi connectivity index (χ4v) is 4.89. The third kappa shape index (κ3) is 3.54. The summed E-state index contributed by atoms with van der Waals surface area (Å²) in [6.45, 7) is 5.94. The summed E-state index contributed by atoms with van der Waals surface area (Å²) in [5.41, 5.74) is 2.93. The first-order valence-corrected chi connectivity index (χ1v) is 10.0. The van der Waals surface area contributed by atoms with Gasteiger partial charge in [0.2, 0.25) is 0 Å². The molecule has 3 rings (SSSR count). The quantitative estimate of drug-likeness (QED) is 0.690. The van der Waals surface area contributed by atoms with Crippen LogP contribution in [-0.4, -0.2) is 34.9 Å². The number of aromatic nitrogens is 2. The lowest BCUT2D eigenvalue weighted by Gasteiger charge is -2.08. The van der Waals surface area contributed by atoms with Gasteiger partial charge in [-0.2, -0.15) is 0 Å². The van der Waals surface area contributed by atoms with E-state index in [0.717, 1.165) is 0 Å². The van der Waals surface area contributed by atoms with Gasteiger partial charge in [0.15, 0.2) is 0 Å². The van der Waals surface area contributed by atoms with Crippen LogP contribution in [0.2, 0.25) is 0 Å². The monoisotopic (exact) mass is 387 g/mol. The highest BCUT2D eigenvalue weighted by molar-refractivity contribution is 7.98. The van der Waals surface area contributed by atoms with E-state index in [1.54, 1.807) is 32.8 Å². The molecule has 3 aromatic rings. The first-order valence-electron chi connectivity index (χ1n) is 8.22. The Morgan fingerprint density at radius 2 is 2.00 bits per heavy atom. The minimum atomic E-state index is -0.182. The molecule has 1 aromatic carbocycles. The molecule has 5 nitrogen and oxygen atoms in total. The lowest BCUT2D eigenvalue weighted by molar-refractivity contribution is 0.0831. The SMILES string of the molecule is Cc1ccc(C)c(SCc2nc3sc(C(=O)N(C)C)c(C)c3c(=O)[nH]2)c1. The molecule has 26 heavy (non-hydrogen) atoms. The Balaban J connectivity index is 1.95. The number of thiophene rings is 1. The summed E-state index contributed by atoms with van der Waals surface area (Å²) in [5, 5.41) is 0.515. The molecule has 0 bridgehead atoms. The number of hydrogen-bond donors (Lipinski definition) is 1. The van der Waals surface area contributed by atoms with Crippen LogP contribution in [0.1, 0.15) is 32.2 Å². The second-order valence-electron chi connectivity index (χ2n) is 6.51. The average Bonchev–Trinajstić information content (AvgIpc) is 2.92. The van der Waals surface area contributed by atoms with Crippen molar-refractivity contribution in [3.8, 4) is 0 Å². The van der Waals surface area contributed by atoms with Crippen molar-refractivity contribution >= 4 is 39.2 Å². The van der Waals surface area contributed by atoms with Gasteiger partial charge >= 0.3 is 0 Å². The van der Waals surface area contributed by atoms with Crippen LogP contribution < -0.4 is 5.56 Å². The van der Waals surface area contributed by atoms with Crippen LogP contribution in [0.4, 0.5) is 0 Å². The predicted octanol–water partition coefficient (Wildman–Crippen LogP) is 3.90. The normalized spacial score (nSPS) is 11.1. The molecule has 2 aromatic heterocycles. The predicted molar refractivity (Wildman–Crippen MR) is 108 cm³/mol. The number of aromatic amines is 1. The van der Waals surface area contributed by atoms with E-state index in [9.17, 15) is 9.59 Å². The average molecular weight is 388 g/mol. The number of rotatable bonds is 4. The number of nitrogens with one attached hydrogen (secondary N) is 1. The molecule has 0 saturated carbocycles. The summed E-state index contributed by atoms with van der Waals surface area (Å²) in [4.78, 5) is 36.2. The number of H-pyrrole nitrogens is 1. The Kier molecular flexibility index (Phi) is 5.20. The van der Waals surface area contributed by atoms with Gasteiger partial charge in [-0.25, -0.2) is 4.98 Å². The molecule has 0 aliphatic carbocycles. The largest absolute Gasteiger partial charge is 0.344 e. The molecule has 0 atom stereocenters. The van der Waals surface area contributed by atoms with Gasteiger partial charge < -0.3 is 9.88 Å². The first-order chi connectivity index (χ1) is 12.3. The lowest BCUT2D eigenvalue weighted by Crippen LogP contribution is -2.21. The minimum absolute atomic E-state index is 0.101. The van der Waals surface area contributed by atoms with Crippen molar-refractivity contribution in [1.82, 2.24) is 14.9 Å². The van der Waals surface area contributed by atoms with Crippen molar-refractivity contribution in [2.75, 3.05) is 14.1 Å². The summed E-state index contributed by atoms with van der Waals surface area (Å²) >= 11 is 2.93. The van der Waals surface area contributed by atoms with E-state index in [4.69, 9.17) is 0 Å². The second-order valence-corrected chi connectivity index (χ2v) is 8.52. The molecule has 1 amide bonds. The molecule has 0 aliphatic rings. The molecule has 1 N–H and O–H groups in total. The Morgan fingerprint density at radius 1 is 1.27 bits per heavy atom. The van der Waals surface area contributed by atoms with Crippen molar-refractivity contribution in [2.24, 2.45) is 0 Å². The first kappa shape index (κ1) is 18.7. The standard InChI is InChI=1S/C19H21N3O2S2/c1-10-6-7-11(2)13(8-10)25-9-14-20-17(23)15-12(3)16(19(24)22(4)5)26-18(15)21-14/h6-8H,9H2,1-5H3,(H,20,21,23). The van der Waals surface area contributed by atoms with E-state index in [0.29, 0.717) is 32.2 Å². The summed E-state index contributed by atoms with van der Waals surface area (Å²) in [6, 6.07) is 6.32. The highest BCUT2D eigenvalue weighted by Gasteiger charge is 2.20. The maximum Gasteiger partial charge on any atom is 0.263 e. The van der Waals surface area contributed by atoms with Crippen molar-refractivity contribution in [1.29, 1.82) is 0 Å². The molecule has 0 unspecified atom stereocenters. The highest BCUT2D eigenvalue weighted by atomic mass is 32.2. The van der Waals surface area contributed by atoms with Gasteiger partial charge in [0, 0.05) is 19.0 Å². The summed E-state index contributed by atoms with van der Waals surface area (Å²) in [5.74, 6) is 1.10. The Hall–Kier alpha value is -2.12. The maximum absolute atomic E-state index is 12.5. The Morgan fingerprint density at radius 3 is 2.69 bits per heavy atom. The van der Waals surface area contributed by atoms with Crippen LogP contribution >= 0.6 is 23.1 Å². The molecular formula is C19H21N3O2S2. The molecule has 7 heteroatoms. The molecule has 136 valence electrons. The lowest BCUT2D eigenvalue weighted by atomic mass is 10.2. The van der Waals surface area contributed by atoms with Gasteiger partial charge in [0.05, 0.1) is 16.0 Å². The maximum atomic E-state index is 12.5. The highest BCUT2D eigenvalue weighted by Crippen LogP contribution is 2.29. The number of amides is 1. The molecule has 2 heterocycles. The third-order valence-corrected chi connectivity index (χ3v) is 6.50. The topological polar surface area (TPSA) is 66.1 Å². The van der Waals surface area contributed by atoms with Crippen LogP contribution in [0.25, 0.3) is 10.2 Å². The molecule has 0 radical (unpaired) electrons. The number of benzene rings is 1. The fraction of sp³-hybridized carbons (Fsp3) is 0.316. The van der Waals surface area contributed by atoms with Gasteiger partial charge in [-0.1, -0.05) is 17.7 Å². The molecular weight excluding hydrogens is 366 g/mol. The van der Waals surface area contributed by atoms with E-state index < -0.39 is 0 Å². The zero-order chi connectivity index (χ0) is 19.0. The van der Waals surface area contributed by atoms with E-state index in [1.807, 2.05) is 0 Å². The van der Waals surface area contributed by atoms with Crippen LogP contribution in [0.3, 0.4) is 0 Å². The van der Waals surface area contributed by atoms with Crippen molar-refractivity contribution in [3.05, 3.63) is 55.9 Å². The smallest absolute Gasteiger partial charge is 0.263 e. The van der Waals surface area contributed by atoms with Crippen molar-refractivity contribution in [2.45, 2.75) is 31.4 Å². The van der Waals surface area contributed by atoms with E-state index in [1.165, 1.54) is 32.3 Å². The summed E-state index contributed by atoms with van der Waals surface area (Å²) in [6.07, 6.45) is 0. The second kappa shape index (κ2) is 7.25. The number of carbonyl (C=O) groups is 1. The molecule has 0 fully saturated rings. The van der Waals surface area contributed by atoms with Crippen LogP contribution in [0.15, 0.2) is 27.9 Å². The number of nitrogens with zero attached hydrogens (tertiary/aromatic N) is 2. The van der Waals surface area contributed by atoms with Gasteiger partial charge in [0.1, 0.15) is 10.7 Å². The van der Waals surface area contributed by atoms with Gasteiger partial charge in [-0.3, -0.25) is 9.59 Å². The zero-order valence-corrected chi connectivity index (χ0v) is 17.1. The number of fused-ring (bicyclic) bond motifs is 1. The van der Waals surface area contributed by atoms with Crippen molar-refractivity contribution < 1.29 is 4.79 Å². The fourth-order valence-electron chi connectivity index (χ4n) is 2.67. The van der Waals surface area contributed by atoms with E-state index in [-0.39, 0.29) is 11.5 Å². The number of hydrogen-bond acceptors (Lipinski definition) is 5. The summed E-state index contributed by atoms with van der Waals surface area (Å²) in [7, 11) is 3.41. The Labute approximate surface area is 160 Å². The van der Waals surface area contributed by atoms with Crippen LogP contribution in [0.5, 0.6) is 0 Å². The minimum Gasteiger partial charge on any atom is -0.344 e. The van der Waals surface area contributed by atoms with Gasteiger partial charge in [-0.15, -0.1) is 23.1 Å². The van der Waals surface area contributed by atoms with Crippen LogP contribution in [-0.2, 0) is 5.75 Å². The van der Waals surface area contributed by atoms with E-state index in [2.05, 4.69) is 42.0 Å². The Bertz CT molecular complexity index is 1050. The number of aryl methyl sites for hydroxylation is 3. The van der Waals surface area contributed by atoms with E-state index >= 15 is 0 Å². The van der Waals surface area contributed by atoms with Gasteiger partial charge in [0.25, 0.3) is 11.5 Å². The van der Waals surface area contributed by atoms with Gasteiger partial charge in [-0.05, 0) is 38.0 Å². The summed E-state index contributed by atoms with van der Waals surface area (Å²) < 4.78 is 0. The van der Waals surface area contributed by atoms with Crippen LogP contribution in [0, 0.1) is 20.8 Å². The number of carbonyl (C=O) groups excluding carboxylic acids is 1. The third-order valence-electron chi connectivity index (χ3n) is 4.16.